The summed E-state index contributed by atoms with van der Waals surface area (Å²) in [4.78, 5) is 0. The molecule has 1 aromatic carbocycles. The first-order valence-electron chi connectivity index (χ1n) is 5.28. The average Bonchev–Trinajstić information content (AvgIpc) is 2.18. The topological polar surface area (TPSA) is 12.0 Å². The lowest BCUT2D eigenvalue weighted by atomic mass is 9.76. The largest absolute Gasteiger partial charge is 0.316 e. The van der Waals surface area contributed by atoms with Gasteiger partial charge in [0, 0.05) is 16.4 Å². The smallest absolute Gasteiger partial charge is 0.128 e. The maximum Gasteiger partial charge on any atom is 0.128 e. The summed E-state index contributed by atoms with van der Waals surface area (Å²) in [5.74, 6) is -0.101. The number of hydrogen-bond donors (Lipinski definition) is 1. The third-order valence-electron chi connectivity index (χ3n) is 3.18. The first-order valence-corrected chi connectivity index (χ1v) is 6.07. The molecule has 0 aromatic heterocycles. The van der Waals surface area contributed by atoms with Crippen LogP contribution in [0.4, 0.5) is 4.39 Å². The predicted molar refractivity (Wildman–Crippen MR) is 63.6 cm³/mol. The zero-order valence-electron chi connectivity index (χ0n) is 8.82. The molecular weight excluding hydrogens is 257 g/mol. The number of benzene rings is 1. The van der Waals surface area contributed by atoms with Gasteiger partial charge in [0.2, 0.25) is 0 Å². The first-order chi connectivity index (χ1) is 7.12. The van der Waals surface area contributed by atoms with E-state index < -0.39 is 0 Å². The Morgan fingerprint density at radius 2 is 2.27 bits per heavy atom. The van der Waals surface area contributed by atoms with Gasteiger partial charge in [0.1, 0.15) is 5.82 Å². The minimum atomic E-state index is -0.101. The molecule has 1 aliphatic rings. The second kappa shape index (κ2) is 4.22. The molecule has 0 aliphatic carbocycles. The van der Waals surface area contributed by atoms with Gasteiger partial charge in [0.05, 0.1) is 0 Å². The van der Waals surface area contributed by atoms with Crippen LogP contribution in [0.3, 0.4) is 0 Å². The molecule has 3 heteroatoms. The van der Waals surface area contributed by atoms with Crippen molar-refractivity contribution in [2.24, 2.45) is 0 Å². The summed E-state index contributed by atoms with van der Waals surface area (Å²) in [6.45, 7) is 4.05. The van der Waals surface area contributed by atoms with E-state index in [-0.39, 0.29) is 11.2 Å². The molecule has 1 saturated heterocycles. The maximum absolute atomic E-state index is 13.8. The van der Waals surface area contributed by atoms with Gasteiger partial charge in [-0.1, -0.05) is 28.9 Å². The van der Waals surface area contributed by atoms with Crippen molar-refractivity contribution in [2.75, 3.05) is 13.1 Å². The summed E-state index contributed by atoms with van der Waals surface area (Å²) in [6, 6.07) is 5.36. The van der Waals surface area contributed by atoms with E-state index in [9.17, 15) is 4.39 Å². The van der Waals surface area contributed by atoms with E-state index in [4.69, 9.17) is 0 Å². The van der Waals surface area contributed by atoms with Crippen LogP contribution in [0.1, 0.15) is 25.3 Å². The van der Waals surface area contributed by atoms with Gasteiger partial charge in [-0.05, 0) is 37.1 Å². The van der Waals surface area contributed by atoms with Gasteiger partial charge in [-0.15, -0.1) is 0 Å². The highest BCUT2D eigenvalue weighted by Crippen LogP contribution is 2.33. The summed E-state index contributed by atoms with van der Waals surface area (Å²) in [6.07, 6.45) is 2.17. The normalized spacial score (nSPS) is 26.6. The molecule has 1 N–H and O–H groups in total. The number of rotatable bonds is 1. The van der Waals surface area contributed by atoms with Crippen molar-refractivity contribution in [1.82, 2.24) is 5.32 Å². The van der Waals surface area contributed by atoms with E-state index in [1.54, 1.807) is 6.07 Å². The molecule has 2 rings (SSSR count). The van der Waals surface area contributed by atoms with Crippen LogP contribution >= 0.6 is 15.9 Å². The van der Waals surface area contributed by atoms with Crippen LogP contribution in [0.5, 0.6) is 0 Å². The molecule has 1 fully saturated rings. The van der Waals surface area contributed by atoms with Crippen LogP contribution in [-0.4, -0.2) is 13.1 Å². The second-order valence-corrected chi connectivity index (χ2v) is 5.38. The molecule has 0 amide bonds. The fraction of sp³-hybridized carbons (Fsp3) is 0.500. The minimum absolute atomic E-state index is 0.0525. The third kappa shape index (κ3) is 2.23. The van der Waals surface area contributed by atoms with E-state index in [1.807, 2.05) is 12.1 Å². The lowest BCUT2D eigenvalue weighted by Crippen LogP contribution is -2.41. The van der Waals surface area contributed by atoms with E-state index in [1.165, 1.54) is 0 Å². The molecule has 0 spiro atoms. The average molecular weight is 272 g/mol. The molecule has 1 aromatic rings. The molecule has 0 bridgehead atoms. The van der Waals surface area contributed by atoms with Crippen molar-refractivity contribution < 1.29 is 4.39 Å². The Morgan fingerprint density at radius 1 is 1.47 bits per heavy atom. The van der Waals surface area contributed by atoms with Crippen molar-refractivity contribution >= 4 is 15.9 Å². The fourth-order valence-corrected chi connectivity index (χ4v) is 2.60. The van der Waals surface area contributed by atoms with Crippen LogP contribution in [0.2, 0.25) is 0 Å². The molecule has 1 heterocycles. The van der Waals surface area contributed by atoms with Crippen LogP contribution in [0, 0.1) is 5.82 Å². The highest BCUT2D eigenvalue weighted by atomic mass is 79.9. The molecule has 1 nitrogen and oxygen atoms in total. The lowest BCUT2D eigenvalue weighted by Gasteiger charge is -2.34. The highest BCUT2D eigenvalue weighted by molar-refractivity contribution is 9.10. The maximum atomic E-state index is 13.8. The minimum Gasteiger partial charge on any atom is -0.316 e. The van der Waals surface area contributed by atoms with Gasteiger partial charge in [0.25, 0.3) is 0 Å². The van der Waals surface area contributed by atoms with E-state index in [2.05, 4.69) is 28.2 Å². The SMILES string of the molecule is CC1(c2ccc(Br)cc2F)CCCNC1. The Balaban J connectivity index is 2.35. The fourth-order valence-electron chi connectivity index (χ4n) is 2.27. The van der Waals surface area contributed by atoms with Gasteiger partial charge in [-0.3, -0.25) is 0 Å². The monoisotopic (exact) mass is 271 g/mol. The van der Waals surface area contributed by atoms with Crippen molar-refractivity contribution in [1.29, 1.82) is 0 Å². The Morgan fingerprint density at radius 3 is 2.87 bits per heavy atom. The Bertz CT molecular complexity index is 359. The highest BCUT2D eigenvalue weighted by Gasteiger charge is 2.31. The van der Waals surface area contributed by atoms with Gasteiger partial charge < -0.3 is 5.32 Å². The number of piperidine rings is 1. The van der Waals surface area contributed by atoms with Crippen molar-refractivity contribution in [2.45, 2.75) is 25.2 Å². The standard InChI is InChI=1S/C12H15BrFN/c1-12(5-2-6-15-8-12)10-4-3-9(13)7-11(10)14/h3-4,7,15H,2,5-6,8H2,1H3. The van der Waals surface area contributed by atoms with E-state index in [0.29, 0.717) is 0 Å². The second-order valence-electron chi connectivity index (χ2n) is 4.47. The summed E-state index contributed by atoms with van der Waals surface area (Å²) in [7, 11) is 0. The number of nitrogens with one attached hydrogen (secondary N) is 1. The van der Waals surface area contributed by atoms with E-state index >= 15 is 0 Å². The Hall–Kier alpha value is -0.410. The van der Waals surface area contributed by atoms with Crippen LogP contribution < -0.4 is 5.32 Å². The summed E-state index contributed by atoms with van der Waals surface area (Å²) < 4.78 is 14.6. The number of halogens is 2. The molecule has 1 unspecified atom stereocenters. The summed E-state index contributed by atoms with van der Waals surface area (Å²) in [5.41, 5.74) is 0.779. The lowest BCUT2D eigenvalue weighted by molar-refractivity contribution is 0.329. The number of hydrogen-bond acceptors (Lipinski definition) is 1. The zero-order valence-corrected chi connectivity index (χ0v) is 10.4. The molecular formula is C12H15BrFN. The van der Waals surface area contributed by atoms with Gasteiger partial charge >= 0.3 is 0 Å². The van der Waals surface area contributed by atoms with Crippen LogP contribution in [-0.2, 0) is 5.41 Å². The van der Waals surface area contributed by atoms with Crippen molar-refractivity contribution in [3.8, 4) is 0 Å². The van der Waals surface area contributed by atoms with Crippen molar-refractivity contribution in [3.05, 3.63) is 34.1 Å². The van der Waals surface area contributed by atoms with Gasteiger partial charge in [-0.2, -0.15) is 0 Å². The molecule has 82 valence electrons. The van der Waals surface area contributed by atoms with E-state index in [0.717, 1.165) is 36.0 Å². The molecule has 0 radical (unpaired) electrons. The molecule has 1 atom stereocenters. The van der Waals surface area contributed by atoms with Gasteiger partial charge in [0.15, 0.2) is 0 Å². The Kier molecular flexibility index (Phi) is 3.12. The van der Waals surface area contributed by atoms with Gasteiger partial charge in [-0.25, -0.2) is 4.39 Å². The molecule has 15 heavy (non-hydrogen) atoms. The molecule has 1 aliphatic heterocycles. The van der Waals surface area contributed by atoms with Crippen LogP contribution in [0.15, 0.2) is 22.7 Å². The van der Waals surface area contributed by atoms with Crippen molar-refractivity contribution in [3.63, 3.8) is 0 Å². The Labute approximate surface area is 98.2 Å². The zero-order chi connectivity index (χ0) is 10.9. The first kappa shape index (κ1) is 11.1. The predicted octanol–water partition coefficient (Wildman–Crippen LogP) is 3.23. The quantitative estimate of drug-likeness (QED) is 0.827. The van der Waals surface area contributed by atoms with Crippen LogP contribution in [0.25, 0.3) is 0 Å². The summed E-state index contributed by atoms with van der Waals surface area (Å²) in [5, 5.41) is 3.34. The summed E-state index contributed by atoms with van der Waals surface area (Å²) >= 11 is 3.28. The third-order valence-corrected chi connectivity index (χ3v) is 3.67. The molecule has 0 saturated carbocycles.